The van der Waals surface area contributed by atoms with Crippen molar-refractivity contribution in [3.05, 3.63) is 0 Å². The van der Waals surface area contributed by atoms with Gasteiger partial charge in [-0.05, 0) is 45.4 Å². The second-order valence-corrected chi connectivity index (χ2v) is 6.99. The van der Waals surface area contributed by atoms with Gasteiger partial charge in [0.15, 0.2) is 0 Å². The molecule has 1 aliphatic heterocycles. The van der Waals surface area contributed by atoms with Crippen LogP contribution in [0.1, 0.15) is 53.9 Å². The van der Waals surface area contributed by atoms with E-state index in [-0.39, 0.29) is 11.6 Å². The Morgan fingerprint density at radius 2 is 1.83 bits per heavy atom. The van der Waals surface area contributed by atoms with Gasteiger partial charge in [-0.3, -0.25) is 0 Å². The van der Waals surface area contributed by atoms with Gasteiger partial charge in [0.1, 0.15) is 0 Å². The fraction of sp³-hybridized carbons (Fsp3) is 1.00. The molecule has 0 radical (unpaired) electrons. The van der Waals surface area contributed by atoms with Crippen LogP contribution in [0, 0.1) is 5.41 Å². The SMILES string of the molecule is CCC(CC)(CNC(C)(C)C)CN1CCC(O)C1. The first-order valence-electron chi connectivity index (χ1n) is 7.46. The molecule has 0 saturated carbocycles. The topological polar surface area (TPSA) is 35.5 Å². The van der Waals surface area contributed by atoms with Crippen molar-refractivity contribution in [1.82, 2.24) is 10.2 Å². The number of aliphatic hydroxyl groups excluding tert-OH is 1. The number of β-amino-alcohol motifs (C(OH)–C–C–N with tert-alkyl or cyclic N) is 1. The van der Waals surface area contributed by atoms with Crippen LogP contribution in [0.2, 0.25) is 0 Å². The third kappa shape index (κ3) is 4.87. The zero-order valence-corrected chi connectivity index (χ0v) is 12.9. The van der Waals surface area contributed by atoms with Gasteiger partial charge >= 0.3 is 0 Å². The van der Waals surface area contributed by atoms with E-state index < -0.39 is 0 Å². The van der Waals surface area contributed by atoms with Gasteiger partial charge in [-0.2, -0.15) is 0 Å². The molecule has 2 N–H and O–H groups in total. The van der Waals surface area contributed by atoms with E-state index in [1.165, 1.54) is 12.8 Å². The predicted octanol–water partition coefficient (Wildman–Crippen LogP) is 2.25. The lowest BCUT2D eigenvalue weighted by Crippen LogP contribution is -2.48. The van der Waals surface area contributed by atoms with Crippen LogP contribution in [0.5, 0.6) is 0 Å². The quantitative estimate of drug-likeness (QED) is 0.765. The van der Waals surface area contributed by atoms with Crippen molar-refractivity contribution in [2.24, 2.45) is 5.41 Å². The van der Waals surface area contributed by atoms with Gasteiger partial charge in [0, 0.05) is 31.7 Å². The predicted molar refractivity (Wildman–Crippen MR) is 77.8 cm³/mol. The Bertz CT molecular complexity index is 243. The highest BCUT2D eigenvalue weighted by Crippen LogP contribution is 2.29. The fourth-order valence-electron chi connectivity index (χ4n) is 2.66. The highest BCUT2D eigenvalue weighted by Gasteiger charge is 2.32. The first-order valence-corrected chi connectivity index (χ1v) is 7.46. The summed E-state index contributed by atoms with van der Waals surface area (Å²) in [5, 5.41) is 13.3. The molecule has 0 amide bonds. The molecule has 0 aliphatic carbocycles. The number of hydrogen-bond donors (Lipinski definition) is 2. The summed E-state index contributed by atoms with van der Waals surface area (Å²) in [6, 6.07) is 0. The zero-order chi connectivity index (χ0) is 13.8. The first-order chi connectivity index (χ1) is 8.30. The lowest BCUT2D eigenvalue weighted by atomic mass is 9.81. The Hall–Kier alpha value is -0.120. The molecule has 1 unspecified atom stereocenters. The summed E-state index contributed by atoms with van der Waals surface area (Å²) in [4.78, 5) is 2.43. The molecule has 1 atom stereocenters. The van der Waals surface area contributed by atoms with E-state index in [0.717, 1.165) is 32.6 Å². The maximum Gasteiger partial charge on any atom is 0.0679 e. The van der Waals surface area contributed by atoms with Crippen LogP contribution in [0.25, 0.3) is 0 Å². The molecule has 1 saturated heterocycles. The molecule has 0 spiro atoms. The summed E-state index contributed by atoms with van der Waals surface area (Å²) in [6.07, 6.45) is 3.22. The summed E-state index contributed by atoms with van der Waals surface area (Å²) < 4.78 is 0. The summed E-state index contributed by atoms with van der Waals surface area (Å²) in [6.45, 7) is 15.3. The van der Waals surface area contributed by atoms with Gasteiger partial charge in [-0.25, -0.2) is 0 Å². The van der Waals surface area contributed by atoms with Crippen LogP contribution in [0.4, 0.5) is 0 Å². The van der Waals surface area contributed by atoms with E-state index in [9.17, 15) is 5.11 Å². The second kappa shape index (κ2) is 6.36. The van der Waals surface area contributed by atoms with Crippen LogP contribution < -0.4 is 5.32 Å². The molecule has 1 rings (SSSR count). The number of likely N-dealkylation sites (tertiary alicyclic amines) is 1. The number of nitrogens with one attached hydrogen (secondary N) is 1. The molecule has 0 bridgehead atoms. The largest absolute Gasteiger partial charge is 0.392 e. The van der Waals surface area contributed by atoms with E-state index in [4.69, 9.17) is 0 Å². The smallest absolute Gasteiger partial charge is 0.0679 e. The molecular weight excluding hydrogens is 224 g/mol. The average molecular weight is 256 g/mol. The molecule has 0 aromatic carbocycles. The highest BCUT2D eigenvalue weighted by atomic mass is 16.3. The fourth-order valence-corrected chi connectivity index (χ4v) is 2.66. The third-order valence-electron chi connectivity index (χ3n) is 4.30. The van der Waals surface area contributed by atoms with Crippen LogP contribution in [0.3, 0.4) is 0 Å². The van der Waals surface area contributed by atoms with Crippen molar-refractivity contribution in [1.29, 1.82) is 0 Å². The Kier molecular flexibility index (Phi) is 5.63. The van der Waals surface area contributed by atoms with E-state index in [1.54, 1.807) is 0 Å². The highest BCUT2D eigenvalue weighted by molar-refractivity contribution is 4.88. The van der Waals surface area contributed by atoms with Crippen LogP contribution in [-0.4, -0.2) is 47.8 Å². The normalized spacial score (nSPS) is 22.7. The molecule has 0 aromatic rings. The molecule has 0 aromatic heterocycles. The maximum absolute atomic E-state index is 9.64. The van der Waals surface area contributed by atoms with Crippen molar-refractivity contribution in [3.8, 4) is 0 Å². The van der Waals surface area contributed by atoms with Gasteiger partial charge in [-0.1, -0.05) is 13.8 Å². The monoisotopic (exact) mass is 256 g/mol. The van der Waals surface area contributed by atoms with Crippen molar-refractivity contribution in [3.63, 3.8) is 0 Å². The lowest BCUT2D eigenvalue weighted by molar-refractivity contribution is 0.123. The average Bonchev–Trinajstić information content (AvgIpc) is 2.69. The molecule has 108 valence electrons. The molecule has 1 fully saturated rings. The molecule has 3 heteroatoms. The summed E-state index contributed by atoms with van der Waals surface area (Å²) in [7, 11) is 0. The molecule has 1 aliphatic rings. The minimum atomic E-state index is -0.105. The van der Waals surface area contributed by atoms with Crippen LogP contribution in [-0.2, 0) is 0 Å². The van der Waals surface area contributed by atoms with Crippen LogP contribution >= 0.6 is 0 Å². The van der Waals surface area contributed by atoms with E-state index in [1.807, 2.05) is 0 Å². The van der Waals surface area contributed by atoms with Gasteiger partial charge in [-0.15, -0.1) is 0 Å². The van der Waals surface area contributed by atoms with Crippen LogP contribution in [0.15, 0.2) is 0 Å². The maximum atomic E-state index is 9.64. The van der Waals surface area contributed by atoms with Crippen molar-refractivity contribution in [2.75, 3.05) is 26.2 Å². The Balaban J connectivity index is 2.56. The molecular formula is C15H32N2O. The van der Waals surface area contributed by atoms with Crippen molar-refractivity contribution >= 4 is 0 Å². The van der Waals surface area contributed by atoms with Gasteiger partial charge in [0.25, 0.3) is 0 Å². The van der Waals surface area contributed by atoms with Gasteiger partial charge in [0.2, 0.25) is 0 Å². The van der Waals surface area contributed by atoms with Gasteiger partial charge in [0.05, 0.1) is 6.10 Å². The number of rotatable bonds is 6. The van der Waals surface area contributed by atoms with Crippen molar-refractivity contribution in [2.45, 2.75) is 65.5 Å². The standard InChI is InChI=1S/C15H32N2O/c1-6-15(7-2,11-16-14(3,4)5)12-17-9-8-13(18)10-17/h13,16,18H,6-12H2,1-5H3. The van der Waals surface area contributed by atoms with E-state index >= 15 is 0 Å². The zero-order valence-electron chi connectivity index (χ0n) is 12.9. The lowest BCUT2D eigenvalue weighted by Gasteiger charge is -2.38. The van der Waals surface area contributed by atoms with Gasteiger partial charge < -0.3 is 15.3 Å². The number of nitrogens with zero attached hydrogens (tertiary/aromatic N) is 1. The Morgan fingerprint density at radius 1 is 1.22 bits per heavy atom. The summed E-state index contributed by atoms with van der Waals surface area (Å²) in [5.74, 6) is 0. The second-order valence-electron chi connectivity index (χ2n) is 6.99. The Labute approximate surface area is 113 Å². The number of hydrogen-bond acceptors (Lipinski definition) is 3. The molecule has 3 nitrogen and oxygen atoms in total. The van der Waals surface area contributed by atoms with E-state index in [0.29, 0.717) is 5.41 Å². The number of aliphatic hydroxyl groups is 1. The Morgan fingerprint density at radius 3 is 2.22 bits per heavy atom. The summed E-state index contributed by atoms with van der Waals surface area (Å²) >= 11 is 0. The minimum Gasteiger partial charge on any atom is -0.392 e. The third-order valence-corrected chi connectivity index (χ3v) is 4.30. The summed E-state index contributed by atoms with van der Waals surface area (Å²) in [5.41, 5.74) is 0.525. The van der Waals surface area contributed by atoms with Crippen molar-refractivity contribution < 1.29 is 5.11 Å². The van der Waals surface area contributed by atoms with E-state index in [2.05, 4.69) is 44.8 Å². The minimum absolute atomic E-state index is 0.105. The first kappa shape index (κ1) is 15.9. The molecule has 1 heterocycles. The molecule has 18 heavy (non-hydrogen) atoms.